The number of nitrogen functional groups attached to an aromatic ring is 1. The van der Waals surface area contributed by atoms with E-state index in [4.69, 9.17) is 5.73 Å². The van der Waals surface area contributed by atoms with E-state index in [1.54, 1.807) is 18.2 Å². The van der Waals surface area contributed by atoms with Gasteiger partial charge in [0, 0.05) is 13.1 Å². The van der Waals surface area contributed by atoms with E-state index < -0.39 is 9.84 Å². The van der Waals surface area contributed by atoms with Crippen LogP contribution in [-0.4, -0.2) is 31.5 Å². The van der Waals surface area contributed by atoms with Crippen molar-refractivity contribution < 1.29 is 8.42 Å². The second-order valence-electron chi connectivity index (χ2n) is 7.43. The summed E-state index contributed by atoms with van der Waals surface area (Å²) in [4.78, 5) is 10.8. The van der Waals surface area contributed by atoms with Gasteiger partial charge in [0.2, 0.25) is 15.8 Å². The van der Waals surface area contributed by atoms with E-state index >= 15 is 0 Å². The van der Waals surface area contributed by atoms with Crippen LogP contribution in [0.2, 0.25) is 0 Å². The lowest BCUT2D eigenvalue weighted by Gasteiger charge is -2.26. The molecule has 6 nitrogen and oxygen atoms in total. The van der Waals surface area contributed by atoms with Gasteiger partial charge < -0.3 is 10.6 Å². The van der Waals surface area contributed by atoms with Gasteiger partial charge in [0.25, 0.3) is 0 Å². The van der Waals surface area contributed by atoms with Gasteiger partial charge >= 0.3 is 0 Å². The Balaban J connectivity index is 2.42. The zero-order valence-corrected chi connectivity index (χ0v) is 16.9. The molecule has 2 N–H and O–H groups in total. The highest BCUT2D eigenvalue weighted by Gasteiger charge is 2.24. The monoisotopic (exact) mass is 376 g/mol. The van der Waals surface area contributed by atoms with Crippen molar-refractivity contribution in [2.24, 2.45) is 11.8 Å². The number of aromatic nitrogens is 2. The molecule has 0 fully saturated rings. The van der Waals surface area contributed by atoms with Gasteiger partial charge in [0.1, 0.15) is 10.7 Å². The van der Waals surface area contributed by atoms with Crippen molar-refractivity contribution in [1.82, 2.24) is 9.97 Å². The molecular weight excluding hydrogens is 348 g/mol. The maximum absolute atomic E-state index is 12.9. The highest BCUT2D eigenvalue weighted by atomic mass is 32.2. The Morgan fingerprint density at radius 2 is 1.73 bits per heavy atom. The third kappa shape index (κ3) is 4.72. The molecule has 0 spiro atoms. The first kappa shape index (κ1) is 20.2. The lowest BCUT2D eigenvalue weighted by molar-refractivity contribution is 0.543. The number of hydrogen-bond acceptors (Lipinski definition) is 6. The molecule has 2 aromatic rings. The molecule has 1 aromatic carbocycles. The van der Waals surface area contributed by atoms with E-state index in [9.17, 15) is 8.42 Å². The van der Waals surface area contributed by atoms with Crippen LogP contribution in [-0.2, 0) is 9.84 Å². The molecule has 0 amide bonds. The highest BCUT2D eigenvalue weighted by Crippen LogP contribution is 2.26. The van der Waals surface area contributed by atoms with E-state index in [0.717, 1.165) is 18.7 Å². The van der Waals surface area contributed by atoms with Gasteiger partial charge in [-0.25, -0.2) is 13.4 Å². The predicted molar refractivity (Wildman–Crippen MR) is 105 cm³/mol. The van der Waals surface area contributed by atoms with Crippen molar-refractivity contribution in [1.29, 1.82) is 0 Å². The predicted octanol–water partition coefficient (Wildman–Crippen LogP) is 3.32. The van der Waals surface area contributed by atoms with Gasteiger partial charge in [0.15, 0.2) is 0 Å². The molecule has 7 heteroatoms. The van der Waals surface area contributed by atoms with Crippen molar-refractivity contribution in [3.63, 3.8) is 0 Å². The smallest absolute Gasteiger partial charge is 0.227 e. The third-order valence-corrected chi connectivity index (χ3v) is 5.58. The molecule has 0 unspecified atom stereocenters. The molecule has 0 aliphatic heterocycles. The van der Waals surface area contributed by atoms with Crippen molar-refractivity contribution in [2.75, 3.05) is 23.7 Å². The Kier molecular flexibility index (Phi) is 6.23. The summed E-state index contributed by atoms with van der Waals surface area (Å²) in [6, 6.07) is 6.73. The standard InChI is InChI=1S/C19H28N4O2S/c1-13(2)11-23(12-14(3)4)19-21-10-17(18(20)22-19)26(24,25)16-8-6-7-15(5)9-16/h6-10,13-14H,11-12H2,1-5H3,(H2,20,21,22). The molecule has 0 aliphatic rings. The van der Waals surface area contributed by atoms with E-state index in [-0.39, 0.29) is 15.6 Å². The molecule has 0 saturated heterocycles. The van der Waals surface area contributed by atoms with Crippen LogP contribution >= 0.6 is 0 Å². The summed E-state index contributed by atoms with van der Waals surface area (Å²) < 4.78 is 25.7. The Morgan fingerprint density at radius 1 is 1.12 bits per heavy atom. The summed E-state index contributed by atoms with van der Waals surface area (Å²) in [6.45, 7) is 11.9. The first-order valence-corrected chi connectivity index (χ1v) is 10.3. The number of sulfone groups is 1. The fraction of sp³-hybridized carbons (Fsp3) is 0.474. The largest absolute Gasteiger partial charge is 0.382 e. The summed E-state index contributed by atoms with van der Waals surface area (Å²) in [5.41, 5.74) is 6.89. The lowest BCUT2D eigenvalue weighted by atomic mass is 10.1. The molecule has 0 atom stereocenters. The summed E-state index contributed by atoms with van der Waals surface area (Å²) >= 11 is 0. The first-order valence-electron chi connectivity index (χ1n) is 8.80. The van der Waals surface area contributed by atoms with Gasteiger partial charge in [0.05, 0.1) is 11.1 Å². The molecule has 2 rings (SSSR count). The number of benzene rings is 1. The maximum atomic E-state index is 12.9. The summed E-state index contributed by atoms with van der Waals surface area (Å²) in [5, 5.41) is 0. The molecule has 1 heterocycles. The van der Waals surface area contributed by atoms with Crippen LogP contribution in [0.15, 0.2) is 40.3 Å². The van der Waals surface area contributed by atoms with Crippen molar-refractivity contribution in [3.05, 3.63) is 36.0 Å². The fourth-order valence-corrected chi connectivity index (χ4v) is 4.13. The first-order chi connectivity index (χ1) is 12.1. The van der Waals surface area contributed by atoms with Crippen LogP contribution < -0.4 is 10.6 Å². The minimum absolute atomic E-state index is 0.0194. The molecule has 1 aromatic heterocycles. The van der Waals surface area contributed by atoms with E-state index in [1.165, 1.54) is 6.20 Å². The zero-order valence-electron chi connectivity index (χ0n) is 16.1. The average Bonchev–Trinajstić information content (AvgIpc) is 2.53. The number of aryl methyl sites for hydroxylation is 1. The SMILES string of the molecule is Cc1cccc(S(=O)(=O)c2cnc(N(CC(C)C)CC(C)C)nc2N)c1. The fourth-order valence-electron chi connectivity index (χ4n) is 2.76. The molecule has 142 valence electrons. The Bertz CT molecular complexity index is 854. The highest BCUT2D eigenvalue weighted by molar-refractivity contribution is 7.91. The van der Waals surface area contributed by atoms with E-state index in [1.807, 2.05) is 13.0 Å². The Labute approximate surface area is 156 Å². The van der Waals surface area contributed by atoms with Crippen LogP contribution in [0.4, 0.5) is 11.8 Å². The van der Waals surface area contributed by atoms with Crippen LogP contribution in [0.3, 0.4) is 0 Å². The average molecular weight is 377 g/mol. The summed E-state index contributed by atoms with van der Waals surface area (Å²) in [5.74, 6) is 1.30. The van der Waals surface area contributed by atoms with Crippen LogP contribution in [0.5, 0.6) is 0 Å². The zero-order chi connectivity index (χ0) is 19.5. The normalized spacial score (nSPS) is 12.0. The Morgan fingerprint density at radius 3 is 2.23 bits per heavy atom. The lowest BCUT2D eigenvalue weighted by Crippen LogP contribution is -2.33. The maximum Gasteiger partial charge on any atom is 0.227 e. The van der Waals surface area contributed by atoms with Gasteiger partial charge in [-0.2, -0.15) is 4.98 Å². The molecule has 0 saturated carbocycles. The van der Waals surface area contributed by atoms with Gasteiger partial charge in [-0.15, -0.1) is 0 Å². The number of nitrogens with two attached hydrogens (primary N) is 1. The van der Waals surface area contributed by atoms with Gasteiger partial charge in [-0.3, -0.25) is 0 Å². The van der Waals surface area contributed by atoms with Gasteiger partial charge in [-0.05, 0) is 36.5 Å². The summed E-state index contributed by atoms with van der Waals surface area (Å²) in [6.07, 6.45) is 1.32. The van der Waals surface area contributed by atoms with Crippen molar-refractivity contribution in [2.45, 2.75) is 44.4 Å². The molecule has 0 aliphatic carbocycles. The second kappa shape index (κ2) is 8.03. The minimum Gasteiger partial charge on any atom is -0.382 e. The molecule has 26 heavy (non-hydrogen) atoms. The number of rotatable bonds is 7. The summed E-state index contributed by atoms with van der Waals surface area (Å²) in [7, 11) is -3.75. The van der Waals surface area contributed by atoms with Crippen LogP contribution in [0, 0.1) is 18.8 Å². The molecular formula is C19H28N4O2S. The van der Waals surface area contributed by atoms with Crippen molar-refractivity contribution in [3.8, 4) is 0 Å². The minimum atomic E-state index is -3.75. The Hall–Kier alpha value is -2.15. The van der Waals surface area contributed by atoms with Crippen LogP contribution in [0.1, 0.15) is 33.3 Å². The van der Waals surface area contributed by atoms with E-state index in [2.05, 4.69) is 42.6 Å². The number of nitrogens with zero attached hydrogens (tertiary/aromatic N) is 3. The molecule has 0 radical (unpaired) electrons. The van der Waals surface area contributed by atoms with Crippen molar-refractivity contribution >= 4 is 21.6 Å². The topological polar surface area (TPSA) is 89.2 Å². The number of hydrogen-bond donors (Lipinski definition) is 1. The third-order valence-electron chi connectivity index (χ3n) is 3.81. The second-order valence-corrected chi connectivity index (χ2v) is 9.35. The van der Waals surface area contributed by atoms with Crippen LogP contribution in [0.25, 0.3) is 0 Å². The quantitative estimate of drug-likeness (QED) is 0.797. The van der Waals surface area contributed by atoms with Gasteiger partial charge in [-0.1, -0.05) is 39.8 Å². The number of anilines is 2. The molecule has 0 bridgehead atoms. The van der Waals surface area contributed by atoms with E-state index in [0.29, 0.717) is 17.8 Å².